The Labute approximate surface area is 100 Å². The molecular weight excluding hydrogens is 219 g/mol. The highest BCUT2D eigenvalue weighted by Gasteiger charge is 2.18. The Kier molecular flexibility index (Phi) is 3.96. The van der Waals surface area contributed by atoms with Crippen LogP contribution in [0, 0.1) is 5.82 Å². The molecule has 92 valence electrons. The molecule has 1 aliphatic rings. The molecule has 2 rings (SSSR count). The standard InChI is InChI=1S/C13H17FN2O/c14-12-7-2-1-4-10(12)8-9-15-13(17)16-11-5-3-6-11/h1-2,4,7,11H,3,5-6,8-9H2,(H2,15,16,17). The van der Waals surface area contributed by atoms with Gasteiger partial charge in [-0.25, -0.2) is 9.18 Å². The fourth-order valence-electron chi connectivity index (χ4n) is 1.80. The summed E-state index contributed by atoms with van der Waals surface area (Å²) in [6, 6.07) is 6.82. The molecule has 0 bridgehead atoms. The van der Waals surface area contributed by atoms with Crippen LogP contribution in [0.3, 0.4) is 0 Å². The molecule has 1 fully saturated rings. The molecule has 3 nitrogen and oxygen atoms in total. The fraction of sp³-hybridized carbons (Fsp3) is 0.462. The Balaban J connectivity index is 1.68. The largest absolute Gasteiger partial charge is 0.338 e. The van der Waals surface area contributed by atoms with E-state index in [-0.39, 0.29) is 11.8 Å². The van der Waals surface area contributed by atoms with E-state index in [1.807, 2.05) is 0 Å². The Morgan fingerprint density at radius 2 is 2.12 bits per heavy atom. The smallest absolute Gasteiger partial charge is 0.315 e. The van der Waals surface area contributed by atoms with E-state index >= 15 is 0 Å². The van der Waals surface area contributed by atoms with Gasteiger partial charge in [0.05, 0.1) is 0 Å². The van der Waals surface area contributed by atoms with Gasteiger partial charge in [-0.15, -0.1) is 0 Å². The molecule has 0 radical (unpaired) electrons. The summed E-state index contributed by atoms with van der Waals surface area (Å²) in [5.41, 5.74) is 0.636. The highest BCUT2D eigenvalue weighted by atomic mass is 19.1. The van der Waals surface area contributed by atoms with Gasteiger partial charge in [0.15, 0.2) is 0 Å². The molecule has 2 N–H and O–H groups in total. The van der Waals surface area contributed by atoms with Crippen LogP contribution >= 0.6 is 0 Å². The second kappa shape index (κ2) is 5.66. The Morgan fingerprint density at radius 3 is 2.76 bits per heavy atom. The summed E-state index contributed by atoms with van der Waals surface area (Å²) in [6.45, 7) is 0.458. The van der Waals surface area contributed by atoms with Crippen molar-refractivity contribution >= 4 is 6.03 Å². The number of nitrogens with one attached hydrogen (secondary N) is 2. The third kappa shape index (κ3) is 3.44. The van der Waals surface area contributed by atoms with Crippen LogP contribution in [-0.2, 0) is 6.42 Å². The maximum Gasteiger partial charge on any atom is 0.315 e. The van der Waals surface area contributed by atoms with Crippen molar-refractivity contribution in [1.82, 2.24) is 10.6 Å². The van der Waals surface area contributed by atoms with Gasteiger partial charge in [0.2, 0.25) is 0 Å². The summed E-state index contributed by atoms with van der Waals surface area (Å²) < 4.78 is 13.3. The zero-order valence-corrected chi connectivity index (χ0v) is 9.71. The van der Waals surface area contributed by atoms with Gasteiger partial charge in [-0.05, 0) is 37.3 Å². The van der Waals surface area contributed by atoms with Gasteiger partial charge in [-0.2, -0.15) is 0 Å². The highest BCUT2D eigenvalue weighted by Crippen LogP contribution is 2.17. The minimum atomic E-state index is -0.214. The van der Waals surface area contributed by atoms with E-state index in [1.54, 1.807) is 18.2 Å². The van der Waals surface area contributed by atoms with Crippen molar-refractivity contribution in [2.24, 2.45) is 0 Å². The van der Waals surface area contributed by atoms with E-state index in [0.717, 1.165) is 12.8 Å². The van der Waals surface area contributed by atoms with Crippen LogP contribution in [0.25, 0.3) is 0 Å². The molecule has 0 spiro atoms. The predicted octanol–water partition coefficient (Wildman–Crippen LogP) is 2.22. The molecule has 0 saturated heterocycles. The average Bonchev–Trinajstić information content (AvgIpc) is 2.26. The van der Waals surface area contributed by atoms with E-state index in [1.165, 1.54) is 12.5 Å². The molecule has 0 unspecified atom stereocenters. The van der Waals surface area contributed by atoms with Crippen LogP contribution < -0.4 is 10.6 Å². The van der Waals surface area contributed by atoms with Gasteiger partial charge >= 0.3 is 6.03 Å². The summed E-state index contributed by atoms with van der Waals surface area (Å²) >= 11 is 0. The molecule has 2 amide bonds. The Bertz CT molecular complexity index is 391. The first kappa shape index (κ1) is 11.9. The van der Waals surface area contributed by atoms with E-state index in [4.69, 9.17) is 0 Å². The monoisotopic (exact) mass is 236 g/mol. The number of carbonyl (C=O) groups excluding carboxylic acids is 1. The third-order valence-electron chi connectivity index (χ3n) is 3.08. The normalized spacial score (nSPS) is 15.1. The van der Waals surface area contributed by atoms with Crippen LogP contribution in [0.5, 0.6) is 0 Å². The molecule has 1 aliphatic carbocycles. The Morgan fingerprint density at radius 1 is 1.35 bits per heavy atom. The SMILES string of the molecule is O=C(NCCc1ccccc1F)NC1CCC1. The molecule has 0 aliphatic heterocycles. The minimum absolute atomic E-state index is 0.147. The molecule has 0 aromatic heterocycles. The van der Waals surface area contributed by atoms with Crippen molar-refractivity contribution in [3.8, 4) is 0 Å². The molecule has 4 heteroatoms. The number of hydrogen-bond donors (Lipinski definition) is 2. The van der Waals surface area contributed by atoms with Crippen molar-refractivity contribution < 1.29 is 9.18 Å². The zero-order valence-electron chi connectivity index (χ0n) is 9.71. The first-order valence-electron chi connectivity index (χ1n) is 6.03. The number of benzene rings is 1. The van der Waals surface area contributed by atoms with Crippen LogP contribution in [0.15, 0.2) is 24.3 Å². The van der Waals surface area contributed by atoms with E-state index in [9.17, 15) is 9.18 Å². The summed E-state index contributed by atoms with van der Waals surface area (Å²) in [5.74, 6) is -0.214. The number of hydrogen-bond acceptors (Lipinski definition) is 1. The van der Waals surface area contributed by atoms with Crippen molar-refractivity contribution in [2.45, 2.75) is 31.7 Å². The van der Waals surface area contributed by atoms with E-state index in [0.29, 0.717) is 24.6 Å². The molecule has 0 heterocycles. The van der Waals surface area contributed by atoms with Crippen LogP contribution in [0.4, 0.5) is 9.18 Å². The van der Waals surface area contributed by atoms with Gasteiger partial charge in [-0.3, -0.25) is 0 Å². The summed E-state index contributed by atoms with van der Waals surface area (Å²) in [4.78, 5) is 11.4. The summed E-state index contributed by atoms with van der Waals surface area (Å²) in [6.07, 6.45) is 3.85. The summed E-state index contributed by atoms with van der Waals surface area (Å²) in [5, 5.41) is 5.61. The lowest BCUT2D eigenvalue weighted by molar-refractivity contribution is 0.228. The lowest BCUT2D eigenvalue weighted by atomic mass is 9.93. The zero-order chi connectivity index (χ0) is 12.1. The fourth-order valence-corrected chi connectivity index (χ4v) is 1.80. The molecule has 1 aromatic carbocycles. The molecule has 1 saturated carbocycles. The number of halogens is 1. The molecule has 0 atom stereocenters. The van der Waals surface area contributed by atoms with Gasteiger partial charge in [0.25, 0.3) is 0 Å². The number of urea groups is 1. The second-order valence-electron chi connectivity index (χ2n) is 4.37. The van der Waals surface area contributed by atoms with E-state index < -0.39 is 0 Å². The topological polar surface area (TPSA) is 41.1 Å². The van der Waals surface area contributed by atoms with Crippen molar-refractivity contribution in [3.05, 3.63) is 35.6 Å². The van der Waals surface area contributed by atoms with Crippen molar-refractivity contribution in [1.29, 1.82) is 0 Å². The quantitative estimate of drug-likeness (QED) is 0.827. The van der Waals surface area contributed by atoms with Crippen LogP contribution in [-0.4, -0.2) is 18.6 Å². The number of carbonyl (C=O) groups is 1. The molecule has 17 heavy (non-hydrogen) atoms. The van der Waals surface area contributed by atoms with Gasteiger partial charge in [0.1, 0.15) is 5.82 Å². The minimum Gasteiger partial charge on any atom is -0.338 e. The Hall–Kier alpha value is -1.58. The first-order valence-corrected chi connectivity index (χ1v) is 6.03. The predicted molar refractivity (Wildman–Crippen MR) is 64.3 cm³/mol. The van der Waals surface area contributed by atoms with Crippen molar-refractivity contribution in [2.75, 3.05) is 6.54 Å². The lowest BCUT2D eigenvalue weighted by Crippen LogP contribution is -2.45. The molecule has 1 aromatic rings. The first-order chi connectivity index (χ1) is 8.25. The second-order valence-corrected chi connectivity index (χ2v) is 4.37. The van der Waals surface area contributed by atoms with Crippen molar-refractivity contribution in [3.63, 3.8) is 0 Å². The highest BCUT2D eigenvalue weighted by molar-refractivity contribution is 5.74. The number of rotatable bonds is 4. The lowest BCUT2D eigenvalue weighted by Gasteiger charge is -2.26. The van der Waals surface area contributed by atoms with E-state index in [2.05, 4.69) is 10.6 Å². The third-order valence-corrected chi connectivity index (χ3v) is 3.08. The van der Waals surface area contributed by atoms with Crippen LogP contribution in [0.2, 0.25) is 0 Å². The maximum absolute atomic E-state index is 13.3. The average molecular weight is 236 g/mol. The maximum atomic E-state index is 13.3. The summed E-state index contributed by atoms with van der Waals surface area (Å²) in [7, 11) is 0. The molecular formula is C13H17FN2O. The van der Waals surface area contributed by atoms with Gasteiger partial charge in [-0.1, -0.05) is 18.2 Å². The number of amides is 2. The van der Waals surface area contributed by atoms with Gasteiger partial charge in [0, 0.05) is 12.6 Å². The van der Waals surface area contributed by atoms with Gasteiger partial charge < -0.3 is 10.6 Å². The van der Waals surface area contributed by atoms with Crippen LogP contribution in [0.1, 0.15) is 24.8 Å².